The van der Waals surface area contributed by atoms with Gasteiger partial charge < -0.3 is 4.48 Å². The van der Waals surface area contributed by atoms with Gasteiger partial charge in [0.25, 0.3) is 0 Å². The molecule has 0 saturated carbocycles. The molecule has 0 aliphatic heterocycles. The molecule has 0 aromatic carbocycles. The van der Waals surface area contributed by atoms with E-state index in [1.807, 2.05) is 0 Å². The second-order valence-corrected chi connectivity index (χ2v) is 7.07. The van der Waals surface area contributed by atoms with Gasteiger partial charge in [-0.15, -0.1) is 0 Å². The van der Waals surface area contributed by atoms with Gasteiger partial charge in [0.15, 0.2) is 0 Å². The molecule has 0 aliphatic carbocycles. The average Bonchev–Trinajstić information content (AvgIpc) is 2.44. The van der Waals surface area contributed by atoms with Crippen molar-refractivity contribution in [1.82, 2.24) is 0 Å². The molecular weight excluding hydrogens is 354 g/mol. The summed E-state index contributed by atoms with van der Waals surface area (Å²) in [6.45, 7) is 15.0. The predicted octanol–water partition coefficient (Wildman–Crippen LogP) is 5.68. The zero-order valence-corrected chi connectivity index (χ0v) is 16.7. The molecule has 0 aliphatic rings. The Morgan fingerprint density at radius 1 is 0.636 bits per heavy atom. The van der Waals surface area contributed by atoms with Crippen LogP contribution >= 0.6 is 0 Å². The number of rotatable bonds is 12. The Kier molecular flexibility index (Phi) is 16.5. The molecule has 0 rings (SSSR count). The number of nitrogens with zero attached hydrogens (tertiary/aromatic N) is 1. The molecule has 0 heterocycles. The predicted molar refractivity (Wildman–Crippen MR) is 91.2 cm³/mol. The van der Waals surface area contributed by atoms with Crippen LogP contribution in [-0.4, -0.2) is 51.7 Å². The van der Waals surface area contributed by atoms with Gasteiger partial charge in [-0.05, 0) is 25.7 Å². The van der Waals surface area contributed by atoms with Gasteiger partial charge in [0.2, 0.25) is 0 Å². The Morgan fingerprint density at radius 3 is 0.955 bits per heavy atom. The fourth-order valence-corrected chi connectivity index (χ4v) is 2.64. The number of hydrogen-bond acceptors (Lipinski definition) is 0. The maximum atomic E-state index is 10.3. The maximum absolute atomic E-state index is 10.3. The molecule has 0 spiro atoms. The quantitative estimate of drug-likeness (QED) is 0.297. The summed E-state index contributed by atoms with van der Waals surface area (Å²) in [6, 6.07) is 0. The van der Waals surface area contributed by atoms with Crippen molar-refractivity contribution in [3.63, 3.8) is 0 Å². The number of quaternary nitrogens is 1. The van der Waals surface area contributed by atoms with Crippen LogP contribution < -0.4 is 0 Å². The molecule has 0 bridgehead atoms. The summed E-state index contributed by atoms with van der Waals surface area (Å²) in [6.07, 6.45) is 11.1. The van der Waals surface area contributed by atoms with Crippen LogP contribution in [0, 0.1) is 0 Å². The van der Waals surface area contributed by atoms with Gasteiger partial charge in [-0.3, -0.25) is 0 Å². The first kappa shape index (κ1) is 24.5. The first-order valence-corrected chi connectivity index (χ1v) is 9.72. The third-order valence-corrected chi connectivity index (χ3v) is 3.94. The first-order chi connectivity index (χ1) is 10.2. The van der Waals surface area contributed by atoms with Gasteiger partial charge in [0.1, 0.15) is 0 Å². The van der Waals surface area contributed by atoms with Gasteiger partial charge in [-0.2, -0.15) is 0 Å². The van der Waals surface area contributed by atoms with Crippen LogP contribution in [0.15, 0.2) is 0 Å². The van der Waals surface area contributed by atoms with Gasteiger partial charge >= 0.3 is 34.3 Å². The van der Waals surface area contributed by atoms with Crippen LogP contribution in [0.1, 0.15) is 79.1 Å². The molecule has 0 aromatic rings. The van der Waals surface area contributed by atoms with Gasteiger partial charge in [-0.1, -0.05) is 53.4 Å². The zero-order chi connectivity index (χ0) is 17.5. The number of halogens is 3. The SMILES string of the molecule is CCCC[N+](CCCC)(CCCC)CCCC.FC(F)(F)[Se-]. The third-order valence-electron chi connectivity index (χ3n) is 3.94. The Balaban J connectivity index is 0. The summed E-state index contributed by atoms with van der Waals surface area (Å²) in [5.74, 6) is 0. The number of hydrogen-bond donors (Lipinski definition) is 0. The fraction of sp³-hybridized carbons (Fsp3) is 1.00. The van der Waals surface area contributed by atoms with Crippen molar-refractivity contribution in [2.75, 3.05) is 26.2 Å². The van der Waals surface area contributed by atoms with Crippen molar-refractivity contribution in [3.8, 4) is 0 Å². The molecule has 22 heavy (non-hydrogen) atoms. The molecule has 0 aromatic heterocycles. The monoisotopic (exact) mass is 391 g/mol. The summed E-state index contributed by atoms with van der Waals surface area (Å²) in [5, 5.41) is -4.12. The van der Waals surface area contributed by atoms with Crippen molar-refractivity contribution in [2.24, 2.45) is 0 Å². The third kappa shape index (κ3) is 18.3. The Labute approximate surface area is 144 Å². The van der Waals surface area contributed by atoms with E-state index in [1.54, 1.807) is 0 Å². The molecule has 0 radical (unpaired) electrons. The van der Waals surface area contributed by atoms with Gasteiger partial charge in [0.05, 0.1) is 26.2 Å². The van der Waals surface area contributed by atoms with Crippen LogP contribution in [-0.2, 0) is 0 Å². The van der Waals surface area contributed by atoms with Gasteiger partial charge in [0, 0.05) is 0 Å². The minimum atomic E-state index is -4.12. The van der Waals surface area contributed by atoms with Crippen molar-refractivity contribution >= 4 is 16.0 Å². The van der Waals surface area contributed by atoms with E-state index >= 15 is 0 Å². The molecule has 136 valence electrons. The van der Waals surface area contributed by atoms with E-state index < -0.39 is 5.07 Å². The molecule has 1 nitrogen and oxygen atoms in total. The van der Waals surface area contributed by atoms with Crippen molar-refractivity contribution in [3.05, 3.63) is 0 Å². The normalized spacial score (nSPS) is 12.0. The zero-order valence-electron chi connectivity index (χ0n) is 15.0. The molecule has 0 fully saturated rings. The van der Waals surface area contributed by atoms with E-state index in [9.17, 15) is 13.2 Å². The Morgan fingerprint density at radius 2 is 0.818 bits per heavy atom. The number of alkyl halides is 3. The molecule has 5 heteroatoms. The molecule has 0 N–H and O–H groups in total. The summed E-state index contributed by atoms with van der Waals surface area (Å²) in [5.41, 5.74) is 0. The van der Waals surface area contributed by atoms with E-state index in [1.165, 1.54) is 82.0 Å². The summed E-state index contributed by atoms with van der Waals surface area (Å²) in [4.78, 5) is 0. The van der Waals surface area contributed by atoms with E-state index in [0.29, 0.717) is 0 Å². The molecule has 0 saturated heterocycles. The van der Waals surface area contributed by atoms with Crippen molar-refractivity contribution in [1.29, 1.82) is 0 Å². The molecule has 0 atom stereocenters. The topological polar surface area (TPSA) is 0 Å². The van der Waals surface area contributed by atoms with E-state index in [0.717, 1.165) is 16.0 Å². The van der Waals surface area contributed by atoms with Crippen LogP contribution in [0.3, 0.4) is 0 Å². The Bertz CT molecular complexity index is 189. The minimum absolute atomic E-state index is 0.979. The molecular formula is C17H36F3NSe. The van der Waals surface area contributed by atoms with Gasteiger partial charge in [-0.25, -0.2) is 0 Å². The van der Waals surface area contributed by atoms with E-state index in [4.69, 9.17) is 0 Å². The summed E-state index contributed by atoms with van der Waals surface area (Å²) in [7, 11) is 0. The van der Waals surface area contributed by atoms with E-state index in [2.05, 4.69) is 27.7 Å². The van der Waals surface area contributed by atoms with Crippen LogP contribution in [0.25, 0.3) is 0 Å². The second-order valence-electron chi connectivity index (χ2n) is 6.10. The fourth-order valence-electron chi connectivity index (χ4n) is 2.64. The van der Waals surface area contributed by atoms with Crippen LogP contribution in [0.5, 0.6) is 0 Å². The van der Waals surface area contributed by atoms with Crippen LogP contribution in [0.4, 0.5) is 13.2 Å². The van der Waals surface area contributed by atoms with E-state index in [-0.39, 0.29) is 0 Å². The number of unbranched alkanes of at least 4 members (excludes halogenated alkanes) is 4. The van der Waals surface area contributed by atoms with Crippen LogP contribution in [0.2, 0.25) is 0 Å². The average molecular weight is 390 g/mol. The van der Waals surface area contributed by atoms with Crippen molar-refractivity contribution < 1.29 is 17.7 Å². The Hall–Kier alpha value is 0.269. The molecule has 0 amide bonds. The summed E-state index contributed by atoms with van der Waals surface area (Å²) < 4.78 is 32.3. The first-order valence-electron chi connectivity index (χ1n) is 8.86. The second kappa shape index (κ2) is 14.8. The standard InChI is InChI=1S/C16H36N.CHF3Se/c1-5-9-13-17(14-10-6-2,15-11-7-3)16-12-8-4;2-1(3,4)5/h5-16H2,1-4H3;5H/q+1;/p-1. The molecule has 0 unspecified atom stereocenters. The summed E-state index contributed by atoms with van der Waals surface area (Å²) >= 11 is 0.979. The van der Waals surface area contributed by atoms with Crippen molar-refractivity contribution in [2.45, 2.75) is 84.1 Å².